The van der Waals surface area contributed by atoms with Gasteiger partial charge in [-0.1, -0.05) is 109 Å². The molecule has 37 heavy (non-hydrogen) atoms. The minimum atomic E-state index is -0.371. The summed E-state index contributed by atoms with van der Waals surface area (Å²) in [6.45, 7) is 0. The highest BCUT2D eigenvalue weighted by molar-refractivity contribution is 6.28. The molecule has 0 saturated heterocycles. The molecule has 0 unspecified atom stereocenters. The molecule has 2 aliphatic carbocycles. The Morgan fingerprint density at radius 2 is 0.865 bits per heavy atom. The lowest BCUT2D eigenvalue weighted by Gasteiger charge is -2.33. The van der Waals surface area contributed by atoms with Crippen LogP contribution in [0, 0.1) is 0 Å². The van der Waals surface area contributed by atoms with Crippen molar-refractivity contribution in [2.24, 2.45) is 0 Å². The fourth-order valence-corrected chi connectivity index (χ4v) is 6.38. The molecule has 0 aliphatic heterocycles. The number of rotatable bonds is 4. The maximum atomic E-state index is 13.7. The molecule has 0 fully saturated rings. The van der Waals surface area contributed by atoms with Gasteiger partial charge in [-0.25, -0.2) is 0 Å². The van der Waals surface area contributed by atoms with Crippen molar-refractivity contribution in [3.05, 3.63) is 166 Å². The van der Waals surface area contributed by atoms with Gasteiger partial charge < -0.3 is 0 Å². The fourth-order valence-electron chi connectivity index (χ4n) is 6.38. The molecule has 0 radical (unpaired) electrons. The van der Waals surface area contributed by atoms with Crippen molar-refractivity contribution in [2.75, 3.05) is 0 Å². The molecule has 0 saturated carbocycles. The lowest BCUT2D eigenvalue weighted by atomic mass is 9.68. The minimum Gasteiger partial charge on any atom is -0.289 e. The molecule has 2 aliphatic rings. The molecule has 2 nitrogen and oxygen atoms in total. The van der Waals surface area contributed by atoms with E-state index in [0.717, 1.165) is 29.5 Å². The van der Waals surface area contributed by atoms with Gasteiger partial charge in [0.05, 0.1) is 0 Å². The Balaban J connectivity index is 1.51. The summed E-state index contributed by atoms with van der Waals surface area (Å²) in [7, 11) is 0. The van der Waals surface area contributed by atoms with Gasteiger partial charge in [0.2, 0.25) is 0 Å². The normalized spacial score (nSPS) is 14.5. The van der Waals surface area contributed by atoms with Gasteiger partial charge in [-0.2, -0.15) is 0 Å². The fraction of sp³-hybridized carbons (Fsp3) is 0.0857. The smallest absolute Gasteiger partial charge is 0.194 e. The van der Waals surface area contributed by atoms with Gasteiger partial charge in [0.1, 0.15) is 0 Å². The summed E-state index contributed by atoms with van der Waals surface area (Å²) in [4.78, 5) is 27.3. The van der Waals surface area contributed by atoms with Crippen LogP contribution >= 0.6 is 0 Å². The molecule has 5 aromatic rings. The van der Waals surface area contributed by atoms with Crippen molar-refractivity contribution in [1.29, 1.82) is 0 Å². The Labute approximate surface area is 216 Å². The number of fused-ring (bicyclic) bond motifs is 5. The number of hydrogen-bond donors (Lipinski definition) is 0. The van der Waals surface area contributed by atoms with Gasteiger partial charge in [0, 0.05) is 27.7 Å². The number of benzene rings is 5. The Morgan fingerprint density at radius 1 is 0.405 bits per heavy atom. The molecule has 2 heteroatoms. The van der Waals surface area contributed by atoms with Crippen molar-refractivity contribution < 1.29 is 9.59 Å². The molecule has 0 bridgehead atoms. The summed E-state index contributed by atoms with van der Waals surface area (Å²) in [6.07, 6.45) is 1.59. The van der Waals surface area contributed by atoms with Crippen LogP contribution in [0.5, 0.6) is 0 Å². The number of carbonyl (C=O) groups is 2. The Morgan fingerprint density at radius 3 is 1.43 bits per heavy atom. The summed E-state index contributed by atoms with van der Waals surface area (Å²) in [5.74, 6) is -0.147. The SMILES string of the molecule is O=C1c2ccccc2C(=O)c2cc3c(cc21)-c1ccccc1C3(Cc1ccccc1)Cc1ccccc1. The summed E-state index contributed by atoms with van der Waals surface area (Å²) in [5.41, 5.74) is 8.69. The van der Waals surface area contributed by atoms with Crippen LogP contribution in [-0.4, -0.2) is 11.6 Å². The van der Waals surface area contributed by atoms with E-state index in [4.69, 9.17) is 0 Å². The molecule has 0 spiro atoms. The number of carbonyl (C=O) groups excluding carboxylic acids is 2. The van der Waals surface area contributed by atoms with Crippen LogP contribution in [0.3, 0.4) is 0 Å². The van der Waals surface area contributed by atoms with Crippen molar-refractivity contribution in [1.82, 2.24) is 0 Å². The summed E-state index contributed by atoms with van der Waals surface area (Å²) in [6, 6.07) is 40.9. The summed E-state index contributed by atoms with van der Waals surface area (Å²) >= 11 is 0. The standard InChI is InChI=1S/C35H24O2/c36-33-26-16-7-8-17-27(26)34(37)30-20-32-28(19-29(30)33)25-15-9-10-18-31(25)35(32,21-23-11-3-1-4-12-23)22-24-13-5-2-6-14-24/h1-20H,21-22H2. The van der Waals surface area contributed by atoms with E-state index >= 15 is 0 Å². The molecule has 0 atom stereocenters. The first-order valence-corrected chi connectivity index (χ1v) is 12.7. The van der Waals surface area contributed by atoms with Crippen molar-refractivity contribution >= 4 is 11.6 Å². The predicted molar refractivity (Wildman–Crippen MR) is 146 cm³/mol. The highest BCUT2D eigenvalue weighted by Crippen LogP contribution is 2.53. The van der Waals surface area contributed by atoms with Gasteiger partial charge in [-0.15, -0.1) is 0 Å². The van der Waals surface area contributed by atoms with E-state index < -0.39 is 0 Å². The van der Waals surface area contributed by atoms with Crippen LogP contribution in [0.1, 0.15) is 54.1 Å². The van der Waals surface area contributed by atoms with Crippen LogP contribution in [0.15, 0.2) is 121 Å². The second kappa shape index (κ2) is 8.25. The lowest BCUT2D eigenvalue weighted by molar-refractivity contribution is 0.0979. The third kappa shape index (κ3) is 3.26. The Kier molecular flexibility index (Phi) is 4.84. The van der Waals surface area contributed by atoms with E-state index in [1.165, 1.54) is 16.7 Å². The van der Waals surface area contributed by atoms with Gasteiger partial charge in [0.15, 0.2) is 11.6 Å². The van der Waals surface area contributed by atoms with Crippen LogP contribution in [-0.2, 0) is 18.3 Å². The highest BCUT2D eigenvalue weighted by Gasteiger charge is 2.45. The maximum absolute atomic E-state index is 13.7. The van der Waals surface area contributed by atoms with E-state index in [-0.39, 0.29) is 17.0 Å². The lowest BCUT2D eigenvalue weighted by Crippen LogP contribution is -2.32. The monoisotopic (exact) mass is 476 g/mol. The molecular weight excluding hydrogens is 452 g/mol. The average Bonchev–Trinajstić information content (AvgIpc) is 3.20. The highest BCUT2D eigenvalue weighted by atomic mass is 16.1. The van der Waals surface area contributed by atoms with Crippen LogP contribution in [0.2, 0.25) is 0 Å². The van der Waals surface area contributed by atoms with E-state index in [1.807, 2.05) is 36.4 Å². The van der Waals surface area contributed by atoms with Gasteiger partial charge >= 0.3 is 0 Å². The van der Waals surface area contributed by atoms with Crippen LogP contribution in [0.4, 0.5) is 0 Å². The first-order chi connectivity index (χ1) is 18.2. The summed E-state index contributed by atoms with van der Waals surface area (Å²) in [5, 5.41) is 0. The van der Waals surface area contributed by atoms with E-state index in [1.54, 1.807) is 12.1 Å². The predicted octanol–water partition coefficient (Wildman–Crippen LogP) is 7.21. The first kappa shape index (κ1) is 21.7. The van der Waals surface area contributed by atoms with E-state index in [0.29, 0.717) is 22.3 Å². The molecule has 176 valence electrons. The average molecular weight is 477 g/mol. The second-order valence-electron chi connectivity index (χ2n) is 10.1. The molecule has 0 amide bonds. The zero-order chi connectivity index (χ0) is 25.0. The number of hydrogen-bond acceptors (Lipinski definition) is 2. The third-order valence-corrected chi connectivity index (χ3v) is 8.01. The van der Waals surface area contributed by atoms with E-state index in [9.17, 15) is 9.59 Å². The molecule has 7 rings (SSSR count). The van der Waals surface area contributed by atoms with Gasteiger partial charge in [-0.05, 0) is 58.4 Å². The topological polar surface area (TPSA) is 34.1 Å². The van der Waals surface area contributed by atoms with Crippen LogP contribution in [0.25, 0.3) is 11.1 Å². The minimum absolute atomic E-state index is 0.0720. The second-order valence-corrected chi connectivity index (χ2v) is 10.1. The van der Waals surface area contributed by atoms with Crippen molar-refractivity contribution in [3.8, 4) is 11.1 Å². The first-order valence-electron chi connectivity index (χ1n) is 12.7. The maximum Gasteiger partial charge on any atom is 0.194 e. The molecule has 5 aromatic carbocycles. The zero-order valence-corrected chi connectivity index (χ0v) is 20.3. The number of ketones is 2. The van der Waals surface area contributed by atoms with Crippen LogP contribution < -0.4 is 0 Å². The Bertz CT molecular complexity index is 1660. The van der Waals surface area contributed by atoms with Gasteiger partial charge in [-0.3, -0.25) is 9.59 Å². The molecular formula is C35H24O2. The van der Waals surface area contributed by atoms with Crippen molar-refractivity contribution in [3.63, 3.8) is 0 Å². The van der Waals surface area contributed by atoms with Crippen molar-refractivity contribution in [2.45, 2.75) is 18.3 Å². The largest absolute Gasteiger partial charge is 0.289 e. The zero-order valence-electron chi connectivity index (χ0n) is 20.3. The quantitative estimate of drug-likeness (QED) is 0.269. The summed E-state index contributed by atoms with van der Waals surface area (Å²) < 4.78 is 0. The third-order valence-electron chi connectivity index (χ3n) is 8.01. The van der Waals surface area contributed by atoms with Gasteiger partial charge in [0.25, 0.3) is 0 Å². The molecule has 0 N–H and O–H groups in total. The molecule has 0 heterocycles. The molecule has 0 aromatic heterocycles. The van der Waals surface area contributed by atoms with E-state index in [2.05, 4.69) is 72.8 Å². The Hall–Kier alpha value is -4.56.